The number of ether oxygens (including phenoxy) is 2. The van der Waals surface area contributed by atoms with E-state index in [-0.39, 0.29) is 0 Å². The molecule has 21 heavy (non-hydrogen) atoms. The summed E-state index contributed by atoms with van der Waals surface area (Å²) in [6.07, 6.45) is 1.27. The number of nitrogens with zero attached hydrogens (tertiary/aromatic N) is 1. The minimum atomic E-state index is 0.372. The van der Waals surface area contributed by atoms with Crippen LogP contribution in [0.25, 0.3) is 0 Å². The van der Waals surface area contributed by atoms with Gasteiger partial charge in [0.15, 0.2) is 11.5 Å². The lowest BCUT2D eigenvalue weighted by Gasteiger charge is -2.13. The molecule has 0 aliphatic carbocycles. The van der Waals surface area contributed by atoms with E-state index >= 15 is 0 Å². The number of benzene rings is 2. The molecule has 0 heterocycles. The summed E-state index contributed by atoms with van der Waals surface area (Å²) in [5, 5.41) is 11.9. The summed E-state index contributed by atoms with van der Waals surface area (Å²) in [5.74, 6) is 0.937. The lowest BCUT2D eigenvalue weighted by atomic mass is 10.2. The normalized spacial score (nSPS) is 10.8. The first-order valence-corrected chi connectivity index (χ1v) is 7.23. The molecule has 0 atom stereocenters. The zero-order valence-electron chi connectivity index (χ0n) is 11.2. The highest BCUT2D eigenvalue weighted by atomic mass is 79.9. The molecule has 2 aromatic rings. The molecule has 0 saturated carbocycles. The molecule has 0 unspecified atom stereocenters. The van der Waals surface area contributed by atoms with Crippen LogP contribution in [0.4, 0.5) is 0 Å². The van der Waals surface area contributed by atoms with E-state index in [1.54, 1.807) is 12.1 Å². The van der Waals surface area contributed by atoms with Gasteiger partial charge in [0.05, 0.1) is 18.3 Å². The third-order valence-electron chi connectivity index (χ3n) is 2.76. The molecule has 2 aromatic carbocycles. The highest BCUT2D eigenvalue weighted by molar-refractivity contribution is 9.10. The zero-order chi connectivity index (χ0) is 15.2. The van der Waals surface area contributed by atoms with Crippen molar-refractivity contribution in [3.8, 4) is 11.5 Å². The molecule has 4 nitrogen and oxygen atoms in total. The van der Waals surface area contributed by atoms with Crippen LogP contribution in [-0.4, -0.2) is 18.5 Å². The molecular weight excluding hydrogens is 358 g/mol. The van der Waals surface area contributed by atoms with Gasteiger partial charge in [0.2, 0.25) is 0 Å². The van der Waals surface area contributed by atoms with Crippen LogP contribution in [-0.2, 0) is 6.61 Å². The standard InChI is InChI=1S/C15H13BrClNO3/c1-20-14-7-11(8-18-19)6-13(17)15(14)21-9-10-2-4-12(16)5-3-10/h2-8,19H,9H2,1H3. The second kappa shape index (κ2) is 7.33. The number of halogens is 2. The van der Waals surface area contributed by atoms with Crippen LogP contribution in [0, 0.1) is 0 Å². The van der Waals surface area contributed by atoms with Crippen LogP contribution in [0.2, 0.25) is 5.02 Å². The SMILES string of the molecule is COc1cc(C=NO)cc(Cl)c1OCc1ccc(Br)cc1. The average Bonchev–Trinajstić information content (AvgIpc) is 2.47. The first kappa shape index (κ1) is 15.7. The van der Waals surface area contributed by atoms with E-state index in [2.05, 4.69) is 21.1 Å². The predicted octanol–water partition coefficient (Wildman–Crippen LogP) is 4.50. The Morgan fingerprint density at radius 1 is 1.29 bits per heavy atom. The van der Waals surface area contributed by atoms with Crippen molar-refractivity contribution in [1.29, 1.82) is 0 Å². The van der Waals surface area contributed by atoms with E-state index in [4.69, 9.17) is 26.3 Å². The van der Waals surface area contributed by atoms with Crippen LogP contribution >= 0.6 is 27.5 Å². The Hall–Kier alpha value is -1.72. The Kier molecular flexibility index (Phi) is 5.47. The summed E-state index contributed by atoms with van der Waals surface area (Å²) in [6.45, 7) is 0.372. The minimum absolute atomic E-state index is 0.372. The van der Waals surface area contributed by atoms with Crippen molar-refractivity contribution in [2.45, 2.75) is 6.61 Å². The fourth-order valence-electron chi connectivity index (χ4n) is 1.76. The van der Waals surface area contributed by atoms with Crippen molar-refractivity contribution in [2.24, 2.45) is 5.16 Å². The third-order valence-corrected chi connectivity index (χ3v) is 3.56. The van der Waals surface area contributed by atoms with Crippen molar-refractivity contribution in [3.63, 3.8) is 0 Å². The number of hydrogen-bond donors (Lipinski definition) is 1. The highest BCUT2D eigenvalue weighted by Crippen LogP contribution is 2.36. The molecule has 1 N–H and O–H groups in total. The van der Waals surface area contributed by atoms with Crippen LogP contribution < -0.4 is 9.47 Å². The molecule has 0 spiro atoms. The largest absolute Gasteiger partial charge is 0.493 e. The van der Waals surface area contributed by atoms with Crippen molar-refractivity contribution in [1.82, 2.24) is 0 Å². The fraction of sp³-hybridized carbons (Fsp3) is 0.133. The van der Waals surface area contributed by atoms with Crippen molar-refractivity contribution in [3.05, 3.63) is 57.0 Å². The van der Waals surface area contributed by atoms with Crippen molar-refractivity contribution >= 4 is 33.7 Å². The average molecular weight is 371 g/mol. The molecule has 0 aromatic heterocycles. The first-order valence-electron chi connectivity index (χ1n) is 6.06. The Labute approximate surface area is 136 Å². The van der Waals surface area contributed by atoms with E-state index in [1.807, 2.05) is 24.3 Å². The number of methoxy groups -OCH3 is 1. The Balaban J connectivity index is 2.20. The quantitative estimate of drug-likeness (QED) is 0.479. The van der Waals surface area contributed by atoms with Gasteiger partial charge in [-0.3, -0.25) is 0 Å². The Bertz CT molecular complexity index is 644. The molecule has 110 valence electrons. The van der Waals surface area contributed by atoms with Crippen LogP contribution in [0.1, 0.15) is 11.1 Å². The maximum Gasteiger partial charge on any atom is 0.180 e. The number of rotatable bonds is 5. The van der Waals surface area contributed by atoms with Gasteiger partial charge in [0, 0.05) is 10.0 Å². The maximum absolute atomic E-state index is 8.57. The summed E-state index contributed by atoms with van der Waals surface area (Å²) in [4.78, 5) is 0. The predicted molar refractivity (Wildman–Crippen MR) is 85.9 cm³/mol. The topological polar surface area (TPSA) is 51.0 Å². The van der Waals surface area contributed by atoms with Gasteiger partial charge in [0.25, 0.3) is 0 Å². The first-order chi connectivity index (χ1) is 10.1. The highest BCUT2D eigenvalue weighted by Gasteiger charge is 2.12. The smallest absolute Gasteiger partial charge is 0.180 e. The number of oxime groups is 1. The van der Waals surface area contributed by atoms with Gasteiger partial charge in [0.1, 0.15) is 6.61 Å². The van der Waals surface area contributed by atoms with Gasteiger partial charge in [-0.1, -0.05) is 44.8 Å². The Morgan fingerprint density at radius 3 is 2.62 bits per heavy atom. The molecule has 0 radical (unpaired) electrons. The molecule has 0 aliphatic heterocycles. The summed E-state index contributed by atoms with van der Waals surface area (Å²) < 4.78 is 12.0. The molecule has 0 aliphatic rings. The third kappa shape index (κ3) is 4.12. The Morgan fingerprint density at radius 2 is 2.00 bits per heavy atom. The number of hydrogen-bond acceptors (Lipinski definition) is 4. The van der Waals surface area contributed by atoms with Gasteiger partial charge in [-0.05, 0) is 29.8 Å². The van der Waals surface area contributed by atoms with Gasteiger partial charge in [-0.15, -0.1) is 0 Å². The second-order valence-corrected chi connectivity index (χ2v) is 5.52. The van der Waals surface area contributed by atoms with Crippen LogP contribution in [0.15, 0.2) is 46.0 Å². The van der Waals surface area contributed by atoms with Crippen LogP contribution in [0.5, 0.6) is 11.5 Å². The molecule has 0 amide bonds. The molecule has 0 saturated heterocycles. The van der Waals surface area contributed by atoms with Gasteiger partial charge < -0.3 is 14.7 Å². The lowest BCUT2D eigenvalue weighted by molar-refractivity contribution is 0.284. The van der Waals surface area contributed by atoms with Gasteiger partial charge in [-0.25, -0.2) is 0 Å². The van der Waals surface area contributed by atoms with Crippen molar-refractivity contribution in [2.75, 3.05) is 7.11 Å². The summed E-state index contributed by atoms with van der Waals surface area (Å²) in [7, 11) is 1.53. The van der Waals surface area contributed by atoms with Crippen LogP contribution in [0.3, 0.4) is 0 Å². The zero-order valence-corrected chi connectivity index (χ0v) is 13.6. The molecular formula is C15H13BrClNO3. The summed E-state index contributed by atoms with van der Waals surface area (Å²) in [5.41, 5.74) is 1.63. The summed E-state index contributed by atoms with van der Waals surface area (Å²) in [6, 6.07) is 11.1. The van der Waals surface area contributed by atoms with E-state index < -0.39 is 0 Å². The summed E-state index contributed by atoms with van der Waals surface area (Å²) >= 11 is 9.57. The fourth-order valence-corrected chi connectivity index (χ4v) is 2.30. The van der Waals surface area contributed by atoms with Gasteiger partial charge >= 0.3 is 0 Å². The maximum atomic E-state index is 8.57. The molecule has 2 rings (SSSR count). The lowest BCUT2D eigenvalue weighted by Crippen LogP contribution is -1.99. The van der Waals surface area contributed by atoms with Gasteiger partial charge in [-0.2, -0.15) is 0 Å². The minimum Gasteiger partial charge on any atom is -0.493 e. The van der Waals surface area contributed by atoms with E-state index in [0.29, 0.717) is 28.7 Å². The van der Waals surface area contributed by atoms with Crippen molar-refractivity contribution < 1.29 is 14.7 Å². The molecule has 0 fully saturated rings. The molecule has 0 bridgehead atoms. The van der Waals surface area contributed by atoms with E-state index in [9.17, 15) is 0 Å². The van der Waals surface area contributed by atoms with E-state index in [1.165, 1.54) is 13.3 Å². The molecule has 6 heteroatoms. The second-order valence-electron chi connectivity index (χ2n) is 4.19. The van der Waals surface area contributed by atoms with E-state index in [0.717, 1.165) is 10.0 Å². The monoisotopic (exact) mass is 369 g/mol.